The Labute approximate surface area is 179 Å². The van der Waals surface area contributed by atoms with Gasteiger partial charge >= 0.3 is 0 Å². The zero-order valence-corrected chi connectivity index (χ0v) is 18.5. The van der Waals surface area contributed by atoms with E-state index >= 15 is 0 Å². The number of benzene rings is 1. The van der Waals surface area contributed by atoms with Gasteiger partial charge in [-0.25, -0.2) is 0 Å². The number of halogens is 1. The van der Waals surface area contributed by atoms with E-state index in [0.29, 0.717) is 22.5 Å². The molecule has 0 aromatic heterocycles. The van der Waals surface area contributed by atoms with E-state index in [0.717, 1.165) is 64.8 Å². The quantitative estimate of drug-likeness (QED) is 0.762. The number of carbonyl (C=O) groups is 2. The van der Waals surface area contributed by atoms with Gasteiger partial charge in [0.2, 0.25) is 5.91 Å². The predicted molar refractivity (Wildman–Crippen MR) is 117 cm³/mol. The Morgan fingerprint density at radius 3 is 2.41 bits per heavy atom. The van der Waals surface area contributed by atoms with E-state index in [1.54, 1.807) is 12.1 Å². The highest BCUT2D eigenvalue weighted by atomic mass is 35.5. The van der Waals surface area contributed by atoms with Crippen LogP contribution in [0.15, 0.2) is 24.3 Å². The fourth-order valence-electron chi connectivity index (χ4n) is 4.39. The molecule has 0 saturated carbocycles. The van der Waals surface area contributed by atoms with Crippen molar-refractivity contribution < 1.29 is 9.59 Å². The Bertz CT molecular complexity index is 693. The van der Waals surface area contributed by atoms with E-state index in [-0.39, 0.29) is 17.7 Å². The summed E-state index contributed by atoms with van der Waals surface area (Å²) in [7, 11) is 0. The second-order valence-corrected chi connectivity index (χ2v) is 9.25. The van der Waals surface area contributed by atoms with Crippen LogP contribution in [0.4, 0.5) is 0 Å². The molecule has 160 valence electrons. The zero-order chi connectivity index (χ0) is 20.8. The normalized spacial score (nSPS) is 19.5. The van der Waals surface area contributed by atoms with E-state index < -0.39 is 0 Å². The van der Waals surface area contributed by atoms with Gasteiger partial charge < -0.3 is 15.1 Å². The molecule has 29 heavy (non-hydrogen) atoms. The van der Waals surface area contributed by atoms with Crippen molar-refractivity contribution >= 4 is 23.4 Å². The molecule has 2 saturated heterocycles. The van der Waals surface area contributed by atoms with Crippen LogP contribution in [0.1, 0.15) is 56.3 Å². The molecule has 2 aliphatic heterocycles. The van der Waals surface area contributed by atoms with Gasteiger partial charge in [0.05, 0.1) is 0 Å². The van der Waals surface area contributed by atoms with Crippen LogP contribution in [-0.4, -0.2) is 60.4 Å². The number of likely N-dealkylation sites (tertiary alicyclic amines) is 2. The smallest absolute Gasteiger partial charge is 0.253 e. The van der Waals surface area contributed by atoms with Crippen LogP contribution in [-0.2, 0) is 4.79 Å². The van der Waals surface area contributed by atoms with Gasteiger partial charge in [-0.15, -0.1) is 0 Å². The molecule has 5 nitrogen and oxygen atoms in total. The van der Waals surface area contributed by atoms with Crippen molar-refractivity contribution in [2.75, 3.05) is 32.7 Å². The summed E-state index contributed by atoms with van der Waals surface area (Å²) in [4.78, 5) is 29.5. The third-order valence-electron chi connectivity index (χ3n) is 6.26. The summed E-state index contributed by atoms with van der Waals surface area (Å²) in [6, 6.07) is 7.71. The molecule has 2 fully saturated rings. The zero-order valence-electron chi connectivity index (χ0n) is 17.7. The Balaban J connectivity index is 1.41. The summed E-state index contributed by atoms with van der Waals surface area (Å²) < 4.78 is 0. The molecule has 0 radical (unpaired) electrons. The van der Waals surface area contributed by atoms with E-state index in [1.807, 2.05) is 17.0 Å². The minimum absolute atomic E-state index is 0.0720. The maximum absolute atomic E-state index is 12.7. The molecule has 6 heteroatoms. The number of piperidine rings is 2. The number of amides is 2. The Morgan fingerprint density at radius 1 is 1.10 bits per heavy atom. The van der Waals surface area contributed by atoms with E-state index in [4.69, 9.17) is 11.6 Å². The SMILES string of the molecule is CC(C)CCNC(=O)C1CCN(C2CCN(C(=O)c3cccc(Cl)c3)CC2)CC1. The summed E-state index contributed by atoms with van der Waals surface area (Å²) in [5, 5.41) is 3.70. The van der Waals surface area contributed by atoms with Crippen molar-refractivity contribution in [2.24, 2.45) is 11.8 Å². The van der Waals surface area contributed by atoms with Crippen LogP contribution in [0.5, 0.6) is 0 Å². The van der Waals surface area contributed by atoms with Crippen LogP contribution >= 0.6 is 11.6 Å². The van der Waals surface area contributed by atoms with Crippen molar-refractivity contribution in [3.05, 3.63) is 34.9 Å². The topological polar surface area (TPSA) is 52.7 Å². The molecule has 0 aliphatic carbocycles. The number of nitrogens with zero attached hydrogens (tertiary/aromatic N) is 2. The Kier molecular flexibility index (Phi) is 7.96. The second-order valence-electron chi connectivity index (χ2n) is 8.82. The minimum atomic E-state index is 0.0720. The molecule has 1 aromatic rings. The molecule has 3 rings (SSSR count). The highest BCUT2D eigenvalue weighted by Crippen LogP contribution is 2.25. The van der Waals surface area contributed by atoms with Crippen molar-refractivity contribution in [1.29, 1.82) is 0 Å². The first-order valence-corrected chi connectivity index (χ1v) is 11.4. The largest absolute Gasteiger partial charge is 0.356 e. The van der Waals surface area contributed by atoms with Gasteiger partial charge in [-0.2, -0.15) is 0 Å². The molecule has 0 spiro atoms. The first-order chi connectivity index (χ1) is 13.9. The van der Waals surface area contributed by atoms with Gasteiger partial charge in [0, 0.05) is 42.2 Å². The predicted octanol–water partition coefficient (Wildman–Crippen LogP) is 3.82. The fourth-order valence-corrected chi connectivity index (χ4v) is 4.58. The summed E-state index contributed by atoms with van der Waals surface area (Å²) in [5.41, 5.74) is 0.667. The molecule has 1 aromatic carbocycles. The molecular weight excluding hydrogens is 386 g/mol. The van der Waals surface area contributed by atoms with Crippen molar-refractivity contribution in [3.63, 3.8) is 0 Å². The summed E-state index contributed by atoms with van der Waals surface area (Å²) in [5.74, 6) is 1.08. The monoisotopic (exact) mass is 419 g/mol. The standard InChI is InChI=1S/C23H34ClN3O2/c1-17(2)6-11-25-22(28)18-7-12-26(13-8-18)21-9-14-27(15-10-21)23(29)19-4-3-5-20(24)16-19/h3-5,16-18,21H,6-15H2,1-2H3,(H,25,28). The number of hydrogen-bond donors (Lipinski definition) is 1. The van der Waals surface area contributed by atoms with Crippen molar-refractivity contribution in [2.45, 2.75) is 52.0 Å². The summed E-state index contributed by atoms with van der Waals surface area (Å²) in [6.07, 6.45) is 4.91. The van der Waals surface area contributed by atoms with E-state index in [2.05, 4.69) is 24.1 Å². The first-order valence-electron chi connectivity index (χ1n) is 11.0. The first kappa shape index (κ1) is 22.1. The van der Waals surface area contributed by atoms with Crippen molar-refractivity contribution in [1.82, 2.24) is 15.1 Å². The minimum Gasteiger partial charge on any atom is -0.356 e. The molecule has 0 bridgehead atoms. The van der Waals surface area contributed by atoms with Crippen LogP contribution in [0.25, 0.3) is 0 Å². The third-order valence-corrected chi connectivity index (χ3v) is 6.50. The van der Waals surface area contributed by atoms with Gasteiger partial charge in [0.1, 0.15) is 0 Å². The van der Waals surface area contributed by atoms with Crippen LogP contribution in [0.2, 0.25) is 5.02 Å². The van der Waals surface area contributed by atoms with Gasteiger partial charge in [0.25, 0.3) is 5.91 Å². The molecule has 0 atom stereocenters. The molecule has 2 heterocycles. The van der Waals surface area contributed by atoms with E-state index in [1.165, 1.54) is 0 Å². The number of hydrogen-bond acceptors (Lipinski definition) is 3. The molecule has 0 unspecified atom stereocenters. The lowest BCUT2D eigenvalue weighted by Gasteiger charge is -2.41. The summed E-state index contributed by atoms with van der Waals surface area (Å²) >= 11 is 6.02. The lowest BCUT2D eigenvalue weighted by Crippen LogP contribution is -2.50. The average molecular weight is 420 g/mol. The highest BCUT2D eigenvalue weighted by molar-refractivity contribution is 6.30. The molecule has 1 N–H and O–H groups in total. The van der Waals surface area contributed by atoms with Crippen molar-refractivity contribution in [3.8, 4) is 0 Å². The van der Waals surface area contributed by atoms with Gasteiger partial charge in [-0.05, 0) is 69.3 Å². The number of nitrogens with one attached hydrogen (secondary N) is 1. The third kappa shape index (κ3) is 6.19. The Morgan fingerprint density at radius 2 is 1.79 bits per heavy atom. The maximum Gasteiger partial charge on any atom is 0.253 e. The molecule has 2 aliphatic rings. The van der Waals surface area contributed by atoms with Crippen LogP contribution < -0.4 is 5.32 Å². The van der Waals surface area contributed by atoms with Gasteiger partial charge in [0.15, 0.2) is 0 Å². The second kappa shape index (κ2) is 10.4. The Hall–Kier alpha value is -1.59. The highest BCUT2D eigenvalue weighted by Gasteiger charge is 2.31. The molecular formula is C23H34ClN3O2. The molecule has 2 amide bonds. The van der Waals surface area contributed by atoms with E-state index in [9.17, 15) is 9.59 Å². The van der Waals surface area contributed by atoms with Gasteiger partial charge in [-0.3, -0.25) is 9.59 Å². The average Bonchev–Trinajstić information content (AvgIpc) is 2.73. The number of rotatable bonds is 6. The summed E-state index contributed by atoms with van der Waals surface area (Å²) in [6.45, 7) is 8.68. The maximum atomic E-state index is 12.7. The van der Waals surface area contributed by atoms with Gasteiger partial charge in [-0.1, -0.05) is 31.5 Å². The van der Waals surface area contributed by atoms with Crippen LogP contribution in [0, 0.1) is 11.8 Å². The lowest BCUT2D eigenvalue weighted by atomic mass is 9.92. The lowest BCUT2D eigenvalue weighted by molar-refractivity contribution is -0.126. The van der Waals surface area contributed by atoms with Crippen LogP contribution in [0.3, 0.4) is 0 Å². The fraction of sp³-hybridized carbons (Fsp3) is 0.652. The number of carbonyl (C=O) groups excluding carboxylic acids is 2.